The first-order valence-electron chi connectivity index (χ1n) is 9.02. The molecule has 2 aliphatic rings. The number of hydrogen-bond acceptors (Lipinski definition) is 4. The van der Waals surface area contributed by atoms with Crippen molar-refractivity contribution in [2.75, 3.05) is 32.8 Å². The number of nitrogens with zero attached hydrogens (tertiary/aromatic N) is 2. The lowest BCUT2D eigenvalue weighted by Gasteiger charge is -2.33. The molecule has 0 atom stereocenters. The van der Waals surface area contributed by atoms with Gasteiger partial charge in [-0.1, -0.05) is 0 Å². The Morgan fingerprint density at radius 2 is 1.92 bits per heavy atom. The van der Waals surface area contributed by atoms with Crippen molar-refractivity contribution in [3.05, 3.63) is 23.8 Å². The highest BCUT2D eigenvalue weighted by Crippen LogP contribution is 2.30. The van der Waals surface area contributed by atoms with Gasteiger partial charge in [-0.05, 0) is 50.5 Å². The van der Waals surface area contributed by atoms with Gasteiger partial charge in [0.25, 0.3) is 0 Å². The highest BCUT2D eigenvalue weighted by atomic mass is 32.2. The predicted molar refractivity (Wildman–Crippen MR) is 95.1 cm³/mol. The summed E-state index contributed by atoms with van der Waals surface area (Å²) in [5, 5.41) is 0. The van der Waals surface area contributed by atoms with Gasteiger partial charge in [0.1, 0.15) is 5.75 Å². The van der Waals surface area contributed by atoms with Crippen LogP contribution in [0.5, 0.6) is 5.75 Å². The van der Waals surface area contributed by atoms with Crippen LogP contribution in [0.15, 0.2) is 23.1 Å². The van der Waals surface area contributed by atoms with E-state index in [2.05, 4.69) is 0 Å². The quantitative estimate of drug-likeness (QED) is 0.798. The van der Waals surface area contributed by atoms with E-state index in [-0.39, 0.29) is 11.8 Å². The fourth-order valence-corrected chi connectivity index (χ4v) is 5.13. The molecule has 138 valence electrons. The van der Waals surface area contributed by atoms with E-state index in [1.54, 1.807) is 18.2 Å². The summed E-state index contributed by atoms with van der Waals surface area (Å²) in [6, 6.07) is 5.09. The van der Waals surface area contributed by atoms with Crippen LogP contribution in [0.3, 0.4) is 0 Å². The number of amides is 1. The number of rotatable bonds is 5. The summed E-state index contributed by atoms with van der Waals surface area (Å²) >= 11 is 0. The van der Waals surface area contributed by atoms with Gasteiger partial charge in [0.05, 0.1) is 11.5 Å². The normalized spacial score (nSPS) is 18.6. The molecule has 0 radical (unpaired) electrons. The fraction of sp³-hybridized carbons (Fsp3) is 0.611. The van der Waals surface area contributed by atoms with Crippen LogP contribution in [0.2, 0.25) is 0 Å². The van der Waals surface area contributed by atoms with Crippen LogP contribution in [0.25, 0.3) is 0 Å². The van der Waals surface area contributed by atoms with Crippen molar-refractivity contribution in [2.45, 2.75) is 38.0 Å². The average Bonchev–Trinajstić information content (AvgIpc) is 3.10. The molecule has 1 amide bonds. The summed E-state index contributed by atoms with van der Waals surface area (Å²) in [4.78, 5) is 14.6. The second kappa shape index (κ2) is 7.33. The van der Waals surface area contributed by atoms with E-state index in [0.717, 1.165) is 17.7 Å². The van der Waals surface area contributed by atoms with Gasteiger partial charge < -0.3 is 9.64 Å². The summed E-state index contributed by atoms with van der Waals surface area (Å²) in [6.07, 6.45) is 1.92. The van der Waals surface area contributed by atoms with Crippen molar-refractivity contribution in [1.29, 1.82) is 0 Å². The molecule has 0 aliphatic carbocycles. The number of ether oxygens (including phenoxy) is 1. The molecule has 7 heteroatoms. The molecule has 2 aliphatic heterocycles. The van der Waals surface area contributed by atoms with Crippen molar-refractivity contribution in [3.63, 3.8) is 0 Å². The number of fused-ring (bicyclic) bond motifs is 1. The number of sulfonamides is 1. The highest BCUT2D eigenvalue weighted by molar-refractivity contribution is 7.89. The molecule has 1 fully saturated rings. The fourth-order valence-electron chi connectivity index (χ4n) is 3.61. The lowest BCUT2D eigenvalue weighted by Crippen LogP contribution is -2.44. The second-order valence-corrected chi connectivity index (χ2v) is 8.49. The van der Waals surface area contributed by atoms with Gasteiger partial charge in [-0.25, -0.2) is 8.42 Å². The van der Waals surface area contributed by atoms with E-state index in [1.165, 1.54) is 4.31 Å². The molecule has 0 aromatic heterocycles. The first-order chi connectivity index (χ1) is 12.0. The van der Waals surface area contributed by atoms with E-state index >= 15 is 0 Å². The minimum atomic E-state index is -3.51. The number of hydrogen-bond donors (Lipinski definition) is 0. The van der Waals surface area contributed by atoms with E-state index in [0.29, 0.717) is 50.5 Å². The van der Waals surface area contributed by atoms with Crippen molar-refractivity contribution >= 4 is 15.9 Å². The second-order valence-electron chi connectivity index (χ2n) is 6.56. The van der Waals surface area contributed by atoms with Crippen molar-refractivity contribution < 1.29 is 17.9 Å². The third-order valence-electron chi connectivity index (χ3n) is 5.18. The monoisotopic (exact) mass is 366 g/mol. The number of carbonyl (C=O) groups is 1. The third-order valence-corrected chi connectivity index (χ3v) is 7.07. The van der Waals surface area contributed by atoms with Gasteiger partial charge in [0, 0.05) is 38.5 Å². The van der Waals surface area contributed by atoms with Crippen LogP contribution in [-0.2, 0) is 21.2 Å². The van der Waals surface area contributed by atoms with Crippen LogP contribution in [0.4, 0.5) is 0 Å². The van der Waals surface area contributed by atoms with Crippen LogP contribution in [0, 0.1) is 5.92 Å². The van der Waals surface area contributed by atoms with Crippen molar-refractivity contribution in [3.8, 4) is 5.75 Å². The minimum Gasteiger partial charge on any atom is -0.493 e. The van der Waals surface area contributed by atoms with Gasteiger partial charge in [-0.3, -0.25) is 4.79 Å². The van der Waals surface area contributed by atoms with Crippen LogP contribution >= 0.6 is 0 Å². The Balaban J connectivity index is 1.68. The first kappa shape index (κ1) is 18.2. The van der Waals surface area contributed by atoms with Crippen LogP contribution in [0.1, 0.15) is 32.3 Å². The largest absolute Gasteiger partial charge is 0.493 e. The van der Waals surface area contributed by atoms with Crippen molar-refractivity contribution in [1.82, 2.24) is 9.21 Å². The molecule has 3 rings (SSSR count). The maximum Gasteiger partial charge on any atom is 0.243 e. The van der Waals surface area contributed by atoms with Gasteiger partial charge in [0.15, 0.2) is 0 Å². The summed E-state index contributed by atoms with van der Waals surface area (Å²) in [5.74, 6) is 0.860. The average molecular weight is 366 g/mol. The smallest absolute Gasteiger partial charge is 0.243 e. The maximum absolute atomic E-state index is 12.9. The zero-order chi connectivity index (χ0) is 18.0. The molecule has 0 N–H and O–H groups in total. The molecular formula is C18H26N2O4S. The Morgan fingerprint density at radius 1 is 1.24 bits per heavy atom. The standard InChI is InChI=1S/C18H26N2O4S/c1-3-19(4-2)18(21)14-7-10-20(11-8-14)25(22,23)16-5-6-17-15(13-16)9-12-24-17/h5-6,13-14H,3-4,7-12H2,1-2H3. The molecule has 6 nitrogen and oxygen atoms in total. The van der Waals surface area contributed by atoms with E-state index in [1.807, 2.05) is 18.7 Å². The maximum atomic E-state index is 12.9. The van der Waals surface area contributed by atoms with E-state index in [4.69, 9.17) is 4.74 Å². The van der Waals surface area contributed by atoms with Gasteiger partial charge in [-0.15, -0.1) is 0 Å². The SMILES string of the molecule is CCN(CC)C(=O)C1CCN(S(=O)(=O)c2ccc3c(c2)CCO3)CC1. The van der Waals surface area contributed by atoms with Gasteiger partial charge >= 0.3 is 0 Å². The topological polar surface area (TPSA) is 66.9 Å². The molecule has 2 heterocycles. The Bertz CT molecular complexity index is 735. The lowest BCUT2D eigenvalue weighted by atomic mass is 9.96. The molecule has 1 aromatic carbocycles. The van der Waals surface area contributed by atoms with Crippen molar-refractivity contribution in [2.24, 2.45) is 5.92 Å². The van der Waals surface area contributed by atoms with Crippen LogP contribution in [-0.4, -0.2) is 56.3 Å². The lowest BCUT2D eigenvalue weighted by molar-refractivity contribution is -0.136. The number of benzene rings is 1. The first-order valence-corrected chi connectivity index (χ1v) is 10.5. The van der Waals surface area contributed by atoms with E-state index < -0.39 is 10.0 Å². The number of carbonyl (C=O) groups excluding carboxylic acids is 1. The molecule has 25 heavy (non-hydrogen) atoms. The van der Waals surface area contributed by atoms with E-state index in [9.17, 15) is 13.2 Å². The predicted octanol–water partition coefficient (Wildman–Crippen LogP) is 1.89. The molecular weight excluding hydrogens is 340 g/mol. The Hall–Kier alpha value is -1.60. The molecule has 0 unspecified atom stereocenters. The summed E-state index contributed by atoms with van der Waals surface area (Å²) in [6.45, 7) is 6.74. The molecule has 1 aromatic rings. The Morgan fingerprint density at radius 3 is 2.56 bits per heavy atom. The van der Waals surface area contributed by atoms with Gasteiger partial charge in [-0.2, -0.15) is 4.31 Å². The summed E-state index contributed by atoms with van der Waals surface area (Å²) in [7, 11) is -3.51. The zero-order valence-electron chi connectivity index (χ0n) is 14.9. The van der Waals surface area contributed by atoms with Gasteiger partial charge in [0.2, 0.25) is 15.9 Å². The molecule has 0 saturated carbocycles. The Kier molecular flexibility index (Phi) is 5.34. The summed E-state index contributed by atoms with van der Waals surface area (Å²) < 4.78 is 32.8. The molecule has 1 saturated heterocycles. The number of piperidine rings is 1. The Labute approximate surface area is 149 Å². The summed E-state index contributed by atoms with van der Waals surface area (Å²) in [5.41, 5.74) is 0.952. The zero-order valence-corrected chi connectivity index (χ0v) is 15.7. The third kappa shape index (κ3) is 3.53. The molecule has 0 bridgehead atoms. The minimum absolute atomic E-state index is 0.0697. The highest BCUT2D eigenvalue weighted by Gasteiger charge is 2.33. The molecule has 0 spiro atoms. The van der Waals surface area contributed by atoms with Crippen LogP contribution < -0.4 is 4.74 Å².